The Morgan fingerprint density at radius 3 is 2.58 bits per heavy atom. The summed E-state index contributed by atoms with van der Waals surface area (Å²) in [6, 6.07) is 14.1. The zero-order valence-electron chi connectivity index (χ0n) is 10.00. The Labute approximate surface area is 109 Å². The summed E-state index contributed by atoms with van der Waals surface area (Å²) in [6.45, 7) is 0. The summed E-state index contributed by atoms with van der Waals surface area (Å²) in [5.41, 5.74) is 6.17. The van der Waals surface area contributed by atoms with Crippen LogP contribution in [0.2, 0.25) is 0 Å². The van der Waals surface area contributed by atoms with E-state index in [1.807, 2.05) is 24.3 Å². The van der Waals surface area contributed by atoms with Crippen LogP contribution in [-0.2, 0) is 0 Å². The Balaban J connectivity index is 2.11. The van der Waals surface area contributed by atoms with Gasteiger partial charge in [-0.1, -0.05) is 24.3 Å². The first-order chi connectivity index (χ1) is 9.24. The first-order valence-electron chi connectivity index (χ1n) is 5.78. The summed E-state index contributed by atoms with van der Waals surface area (Å²) < 4.78 is 10.4. The van der Waals surface area contributed by atoms with E-state index in [2.05, 4.69) is 4.42 Å². The molecule has 0 spiro atoms. The van der Waals surface area contributed by atoms with Gasteiger partial charge in [0.2, 0.25) is 0 Å². The molecule has 0 amide bonds. The van der Waals surface area contributed by atoms with E-state index >= 15 is 0 Å². The van der Waals surface area contributed by atoms with Crippen molar-refractivity contribution in [3.05, 3.63) is 65.2 Å². The van der Waals surface area contributed by atoms with Crippen molar-refractivity contribution in [2.24, 2.45) is 0 Å². The van der Waals surface area contributed by atoms with Crippen molar-refractivity contribution in [2.75, 3.05) is 5.73 Å². The normalized spacial score (nSPS) is 10.5. The molecule has 0 bridgehead atoms. The van der Waals surface area contributed by atoms with Gasteiger partial charge < -0.3 is 14.9 Å². The van der Waals surface area contributed by atoms with Crippen molar-refractivity contribution < 1.29 is 9.15 Å². The van der Waals surface area contributed by atoms with Gasteiger partial charge in [0.25, 0.3) is 0 Å². The molecule has 94 valence electrons. The Morgan fingerprint density at radius 2 is 1.79 bits per heavy atom. The van der Waals surface area contributed by atoms with Crippen LogP contribution in [0.5, 0.6) is 11.5 Å². The summed E-state index contributed by atoms with van der Waals surface area (Å²) in [4.78, 5) is 11.1. The van der Waals surface area contributed by atoms with Gasteiger partial charge in [0.1, 0.15) is 11.5 Å². The predicted molar refractivity (Wildman–Crippen MR) is 73.4 cm³/mol. The minimum absolute atomic E-state index is 0.436. The zero-order chi connectivity index (χ0) is 13.2. The second-order valence-corrected chi connectivity index (χ2v) is 4.09. The molecule has 0 radical (unpaired) electrons. The largest absolute Gasteiger partial charge is 0.456 e. The van der Waals surface area contributed by atoms with E-state index in [0.29, 0.717) is 17.2 Å². The van der Waals surface area contributed by atoms with Crippen molar-refractivity contribution in [2.45, 2.75) is 0 Å². The van der Waals surface area contributed by atoms with Crippen LogP contribution >= 0.6 is 0 Å². The molecule has 0 fully saturated rings. The third-order valence-corrected chi connectivity index (χ3v) is 2.82. The minimum Gasteiger partial charge on any atom is -0.456 e. The highest BCUT2D eigenvalue weighted by atomic mass is 16.5. The second kappa shape index (κ2) is 4.49. The van der Waals surface area contributed by atoms with E-state index in [4.69, 9.17) is 10.5 Å². The fourth-order valence-corrected chi connectivity index (χ4v) is 1.94. The van der Waals surface area contributed by atoms with Crippen LogP contribution in [0.1, 0.15) is 0 Å². The van der Waals surface area contributed by atoms with E-state index in [9.17, 15) is 4.79 Å². The Kier molecular flexibility index (Phi) is 2.68. The van der Waals surface area contributed by atoms with Gasteiger partial charge in [-0.05, 0) is 12.1 Å². The van der Waals surface area contributed by atoms with E-state index in [1.54, 1.807) is 18.2 Å². The molecular weight excluding hydrogens is 242 g/mol. The minimum atomic E-state index is -0.447. The number of anilines is 1. The highest BCUT2D eigenvalue weighted by Gasteiger charge is 2.06. The highest BCUT2D eigenvalue weighted by molar-refractivity contribution is 5.97. The van der Waals surface area contributed by atoms with Crippen LogP contribution in [-0.4, -0.2) is 0 Å². The highest BCUT2D eigenvalue weighted by Crippen LogP contribution is 2.32. The van der Waals surface area contributed by atoms with Gasteiger partial charge in [-0.2, -0.15) is 0 Å². The second-order valence-electron chi connectivity index (χ2n) is 4.09. The third kappa shape index (κ3) is 2.15. The van der Waals surface area contributed by atoms with Gasteiger partial charge in [-0.3, -0.25) is 0 Å². The molecule has 2 aromatic carbocycles. The third-order valence-electron chi connectivity index (χ3n) is 2.82. The summed E-state index contributed by atoms with van der Waals surface area (Å²) in [5.74, 6) is 1.08. The number of benzene rings is 2. The predicted octanol–water partition coefficient (Wildman–Crippen LogP) is 3.17. The number of hydrogen-bond donors (Lipinski definition) is 1. The average Bonchev–Trinajstić information content (AvgIpc) is 2.42. The SMILES string of the molecule is Nc1ccc(Oc2ccoc(=O)c2)c2ccccc12. The Bertz CT molecular complexity index is 792. The van der Waals surface area contributed by atoms with Gasteiger partial charge in [0, 0.05) is 22.5 Å². The van der Waals surface area contributed by atoms with Gasteiger partial charge >= 0.3 is 5.63 Å². The van der Waals surface area contributed by atoms with Crippen LogP contribution in [0.3, 0.4) is 0 Å². The number of hydrogen-bond acceptors (Lipinski definition) is 4. The van der Waals surface area contributed by atoms with E-state index < -0.39 is 5.63 Å². The number of nitrogens with two attached hydrogens (primary N) is 1. The Morgan fingerprint density at radius 1 is 1.00 bits per heavy atom. The van der Waals surface area contributed by atoms with Crippen molar-refractivity contribution in [1.29, 1.82) is 0 Å². The van der Waals surface area contributed by atoms with E-state index in [1.165, 1.54) is 12.3 Å². The maximum absolute atomic E-state index is 11.1. The molecule has 2 N–H and O–H groups in total. The molecule has 1 heterocycles. The average molecular weight is 253 g/mol. The fraction of sp³-hybridized carbons (Fsp3) is 0. The smallest absolute Gasteiger partial charge is 0.339 e. The van der Waals surface area contributed by atoms with Crippen LogP contribution in [0.4, 0.5) is 5.69 Å². The number of ether oxygens (including phenoxy) is 1. The van der Waals surface area contributed by atoms with Crippen LogP contribution in [0.25, 0.3) is 10.8 Å². The van der Waals surface area contributed by atoms with Gasteiger partial charge in [0.05, 0.1) is 12.3 Å². The maximum atomic E-state index is 11.1. The molecule has 0 saturated heterocycles. The van der Waals surface area contributed by atoms with Crippen LogP contribution < -0.4 is 16.1 Å². The van der Waals surface area contributed by atoms with Gasteiger partial charge in [-0.15, -0.1) is 0 Å². The standard InChI is InChI=1S/C15H11NO3/c16-13-5-6-14(12-4-2-1-3-11(12)13)19-10-7-8-18-15(17)9-10/h1-9H,16H2. The summed E-state index contributed by atoms with van der Waals surface area (Å²) in [7, 11) is 0. The summed E-state index contributed by atoms with van der Waals surface area (Å²) in [6.07, 6.45) is 1.30. The van der Waals surface area contributed by atoms with Crippen molar-refractivity contribution in [1.82, 2.24) is 0 Å². The number of fused-ring (bicyclic) bond motifs is 1. The molecule has 3 rings (SSSR count). The zero-order valence-corrected chi connectivity index (χ0v) is 10.00. The summed E-state index contributed by atoms with van der Waals surface area (Å²) >= 11 is 0. The molecule has 4 heteroatoms. The topological polar surface area (TPSA) is 65.5 Å². The molecule has 19 heavy (non-hydrogen) atoms. The monoisotopic (exact) mass is 253 g/mol. The molecule has 3 aromatic rings. The molecule has 0 saturated carbocycles. The lowest BCUT2D eigenvalue weighted by molar-refractivity contribution is 0.458. The first-order valence-corrected chi connectivity index (χ1v) is 5.78. The van der Waals surface area contributed by atoms with Crippen LogP contribution in [0.15, 0.2) is 64.0 Å². The van der Waals surface area contributed by atoms with E-state index in [0.717, 1.165) is 10.8 Å². The molecule has 0 unspecified atom stereocenters. The molecule has 0 aliphatic carbocycles. The molecular formula is C15H11NO3. The number of rotatable bonds is 2. The van der Waals surface area contributed by atoms with Crippen LogP contribution in [0, 0.1) is 0 Å². The molecule has 0 aliphatic heterocycles. The Hall–Kier alpha value is -2.75. The fourth-order valence-electron chi connectivity index (χ4n) is 1.94. The van der Waals surface area contributed by atoms with Gasteiger partial charge in [-0.25, -0.2) is 4.79 Å². The lowest BCUT2D eigenvalue weighted by atomic mass is 10.1. The molecule has 0 atom stereocenters. The lowest BCUT2D eigenvalue weighted by Crippen LogP contribution is -1.96. The molecule has 4 nitrogen and oxygen atoms in total. The maximum Gasteiger partial charge on any atom is 0.339 e. The summed E-state index contributed by atoms with van der Waals surface area (Å²) in [5, 5.41) is 1.82. The first kappa shape index (κ1) is 11.3. The quantitative estimate of drug-likeness (QED) is 0.712. The van der Waals surface area contributed by atoms with Gasteiger partial charge in [0.15, 0.2) is 0 Å². The molecule has 0 aliphatic rings. The van der Waals surface area contributed by atoms with E-state index in [-0.39, 0.29) is 0 Å². The molecule has 1 aromatic heterocycles. The number of nitrogen functional groups attached to an aromatic ring is 1. The van der Waals surface area contributed by atoms with Crippen molar-refractivity contribution >= 4 is 16.5 Å². The lowest BCUT2D eigenvalue weighted by Gasteiger charge is -2.09. The van der Waals surface area contributed by atoms with Crippen molar-refractivity contribution in [3.63, 3.8) is 0 Å². The van der Waals surface area contributed by atoms with Crippen molar-refractivity contribution in [3.8, 4) is 11.5 Å².